The minimum Gasteiger partial charge on any atom is -0.306 e. The van der Waals surface area contributed by atoms with E-state index < -0.39 is 0 Å². The van der Waals surface area contributed by atoms with Crippen LogP contribution in [0.5, 0.6) is 0 Å². The maximum absolute atomic E-state index is 5.04. The number of hydrogen-bond acceptors (Lipinski definition) is 4. The Labute approximate surface area is 239 Å². The summed E-state index contributed by atoms with van der Waals surface area (Å²) in [4.78, 5) is 10.1. The predicted molar refractivity (Wildman–Crippen MR) is 164 cm³/mol. The molecule has 40 heavy (non-hydrogen) atoms. The van der Waals surface area contributed by atoms with Gasteiger partial charge in [-0.1, -0.05) is 102 Å². The number of aromatic nitrogens is 2. The van der Waals surface area contributed by atoms with Crippen LogP contribution < -0.4 is 10.6 Å². The van der Waals surface area contributed by atoms with E-state index in [1.807, 2.05) is 0 Å². The highest BCUT2D eigenvalue weighted by Crippen LogP contribution is 2.52. The Balaban J connectivity index is 1.35. The molecule has 0 fully saturated rings. The lowest BCUT2D eigenvalue weighted by Crippen LogP contribution is -2.59. The summed E-state index contributed by atoms with van der Waals surface area (Å²) in [5.74, 6) is 0.545. The largest absolute Gasteiger partial charge is 0.306 e. The number of pyridine rings is 2. The third kappa shape index (κ3) is 5.00. The molecule has 3 aliphatic carbocycles. The minimum atomic E-state index is 0.0243. The molecule has 3 aliphatic rings. The molecular formula is C36H42N4. The second kappa shape index (κ2) is 10.2. The molecule has 2 atom stereocenters. The van der Waals surface area contributed by atoms with Gasteiger partial charge in [-0.3, -0.25) is 9.97 Å². The van der Waals surface area contributed by atoms with Crippen LogP contribution in [0.2, 0.25) is 0 Å². The fourth-order valence-electron chi connectivity index (χ4n) is 6.60. The fourth-order valence-corrected chi connectivity index (χ4v) is 6.60. The summed E-state index contributed by atoms with van der Waals surface area (Å²) in [5.41, 5.74) is 10.3. The summed E-state index contributed by atoms with van der Waals surface area (Å²) in [6, 6.07) is 31.4. The molecule has 2 bridgehead atoms. The quantitative estimate of drug-likeness (QED) is 0.282. The first-order valence-electron chi connectivity index (χ1n) is 14.7. The topological polar surface area (TPSA) is 49.8 Å². The summed E-state index contributed by atoms with van der Waals surface area (Å²) < 4.78 is 0. The first-order chi connectivity index (χ1) is 19.1. The van der Waals surface area contributed by atoms with Gasteiger partial charge >= 0.3 is 0 Å². The molecule has 2 N–H and O–H groups in total. The van der Waals surface area contributed by atoms with Crippen LogP contribution in [0, 0.1) is 0 Å². The summed E-state index contributed by atoms with van der Waals surface area (Å²) in [6.45, 7) is 14.8. The minimum absolute atomic E-state index is 0.0243. The van der Waals surface area contributed by atoms with Gasteiger partial charge in [0.05, 0.1) is 11.4 Å². The monoisotopic (exact) mass is 530 g/mol. The van der Waals surface area contributed by atoms with E-state index in [-0.39, 0.29) is 34.7 Å². The number of hydrogen-bond donors (Lipinski definition) is 2. The van der Waals surface area contributed by atoms with Crippen molar-refractivity contribution in [3.63, 3.8) is 0 Å². The van der Waals surface area contributed by atoms with Crippen LogP contribution in [-0.2, 0) is 23.9 Å². The third-order valence-electron chi connectivity index (χ3n) is 8.63. The molecule has 4 aromatic rings. The Bertz CT molecular complexity index is 1350. The number of nitrogens with one attached hydrogen (secondary N) is 2. The summed E-state index contributed by atoms with van der Waals surface area (Å²) >= 11 is 0. The summed E-state index contributed by atoms with van der Waals surface area (Å²) in [5, 5.41) is 8.01. The van der Waals surface area contributed by atoms with Gasteiger partial charge in [-0.25, -0.2) is 0 Å². The van der Waals surface area contributed by atoms with Crippen LogP contribution >= 0.6 is 0 Å². The van der Waals surface area contributed by atoms with E-state index in [9.17, 15) is 0 Å². The van der Waals surface area contributed by atoms with Crippen molar-refractivity contribution in [2.75, 3.05) is 0 Å². The molecule has 4 nitrogen and oxygen atoms in total. The highest BCUT2D eigenvalue weighted by atomic mass is 15.1. The van der Waals surface area contributed by atoms with E-state index in [2.05, 4.69) is 137 Å². The molecule has 0 spiro atoms. The molecule has 0 radical (unpaired) electrons. The van der Waals surface area contributed by atoms with Gasteiger partial charge in [-0.2, -0.15) is 0 Å². The fraction of sp³-hybridized carbons (Fsp3) is 0.389. The molecule has 0 aliphatic heterocycles. The molecule has 2 aromatic heterocycles. The van der Waals surface area contributed by atoms with Crippen LogP contribution in [0.15, 0.2) is 84.9 Å². The van der Waals surface area contributed by atoms with E-state index in [1.54, 1.807) is 0 Å². The third-order valence-corrected chi connectivity index (χ3v) is 8.63. The van der Waals surface area contributed by atoms with Gasteiger partial charge in [0.2, 0.25) is 0 Å². The lowest BCUT2D eigenvalue weighted by Gasteiger charge is -2.51. The maximum atomic E-state index is 5.04. The van der Waals surface area contributed by atoms with Gasteiger partial charge in [-0.05, 0) is 46.5 Å². The van der Waals surface area contributed by atoms with Crippen LogP contribution in [0.1, 0.15) is 98.4 Å². The molecule has 206 valence electrons. The smallest absolute Gasteiger partial charge is 0.0545 e. The zero-order valence-electron chi connectivity index (χ0n) is 24.7. The lowest BCUT2D eigenvalue weighted by molar-refractivity contribution is 0.274. The normalized spacial score (nSPS) is 21.6. The van der Waals surface area contributed by atoms with Crippen molar-refractivity contribution >= 4 is 0 Å². The average Bonchev–Trinajstić information content (AvgIpc) is 2.94. The number of nitrogens with zero attached hydrogens (tertiary/aromatic N) is 2. The van der Waals surface area contributed by atoms with Crippen LogP contribution in [0.25, 0.3) is 0 Å². The van der Waals surface area contributed by atoms with Gasteiger partial charge in [-0.15, -0.1) is 0 Å². The van der Waals surface area contributed by atoms with Gasteiger partial charge in [0.25, 0.3) is 0 Å². The van der Waals surface area contributed by atoms with E-state index in [1.165, 1.54) is 22.3 Å². The van der Waals surface area contributed by atoms with Crippen LogP contribution in [0.3, 0.4) is 0 Å². The predicted octanol–water partition coefficient (Wildman–Crippen LogP) is 6.98. The first-order valence-corrected chi connectivity index (χ1v) is 14.7. The van der Waals surface area contributed by atoms with Crippen molar-refractivity contribution in [1.82, 2.24) is 20.6 Å². The van der Waals surface area contributed by atoms with E-state index in [0.717, 1.165) is 35.9 Å². The number of fused-ring (bicyclic) bond motifs is 1. The molecule has 7 rings (SSSR count). The van der Waals surface area contributed by atoms with Crippen LogP contribution in [-0.4, -0.2) is 22.1 Å². The summed E-state index contributed by atoms with van der Waals surface area (Å²) in [7, 11) is 0. The molecule has 0 saturated carbocycles. The van der Waals surface area contributed by atoms with Gasteiger partial charge in [0, 0.05) is 59.2 Å². The second-order valence-corrected chi connectivity index (χ2v) is 13.6. The molecule has 0 unspecified atom stereocenters. The highest BCUT2D eigenvalue weighted by Gasteiger charge is 2.49. The van der Waals surface area contributed by atoms with Gasteiger partial charge in [0.15, 0.2) is 0 Å². The van der Waals surface area contributed by atoms with Crippen molar-refractivity contribution in [2.24, 2.45) is 0 Å². The second-order valence-electron chi connectivity index (χ2n) is 13.6. The summed E-state index contributed by atoms with van der Waals surface area (Å²) in [6.07, 6.45) is 0. The van der Waals surface area contributed by atoms with Crippen molar-refractivity contribution in [2.45, 2.75) is 89.4 Å². The standard InChI is InChI=1S/C36H42N4/c1-35(2,3)29-19-11-13-23(39-29)21-37-33-31-25-15-7-9-17-27(25)32(28-18-10-8-16-26(28)31)34(33)38-22-24-14-12-20-30(40-24)36(4,5)6/h7-20,31-34,37-38H,21-22H2,1-6H3/t31?,32?,33-,34-/m1/s1. The molecule has 0 amide bonds. The average molecular weight is 531 g/mol. The van der Waals surface area contributed by atoms with E-state index in [4.69, 9.17) is 9.97 Å². The number of benzene rings is 2. The zero-order chi connectivity index (χ0) is 28.1. The maximum Gasteiger partial charge on any atom is 0.0545 e. The Morgan fingerprint density at radius 3 is 1.18 bits per heavy atom. The highest BCUT2D eigenvalue weighted by molar-refractivity contribution is 5.58. The zero-order valence-corrected chi connectivity index (χ0v) is 24.7. The van der Waals surface area contributed by atoms with Crippen molar-refractivity contribution in [3.8, 4) is 0 Å². The van der Waals surface area contributed by atoms with Crippen LogP contribution in [0.4, 0.5) is 0 Å². The van der Waals surface area contributed by atoms with Crippen molar-refractivity contribution in [3.05, 3.63) is 130 Å². The number of rotatable bonds is 6. The van der Waals surface area contributed by atoms with Crippen molar-refractivity contribution < 1.29 is 0 Å². The van der Waals surface area contributed by atoms with Crippen molar-refractivity contribution in [1.29, 1.82) is 0 Å². The first kappa shape index (κ1) is 26.9. The molecule has 4 heteroatoms. The SMILES string of the molecule is CC(C)(C)c1cccc(CN[C@@H]2C3c4ccccc4C(c4ccccc43)[C@H]2NCc2cccc(C(C)(C)C)n2)n1. The van der Waals surface area contributed by atoms with Gasteiger partial charge in [0.1, 0.15) is 0 Å². The Kier molecular flexibility index (Phi) is 6.88. The molecular weight excluding hydrogens is 488 g/mol. The Hall–Kier alpha value is -3.34. The molecule has 2 aromatic carbocycles. The van der Waals surface area contributed by atoms with Gasteiger partial charge < -0.3 is 10.6 Å². The van der Waals surface area contributed by atoms with E-state index in [0.29, 0.717) is 0 Å². The lowest BCUT2D eigenvalue weighted by atomic mass is 9.59. The Morgan fingerprint density at radius 1 is 0.500 bits per heavy atom. The molecule has 2 heterocycles. The Morgan fingerprint density at radius 2 is 0.850 bits per heavy atom. The molecule has 0 saturated heterocycles. The van der Waals surface area contributed by atoms with E-state index >= 15 is 0 Å².